The molecule has 1 aromatic rings. The fourth-order valence-electron chi connectivity index (χ4n) is 1.20. The van der Waals surface area contributed by atoms with E-state index in [0.717, 1.165) is 18.2 Å². The Morgan fingerprint density at radius 3 is 2.74 bits per heavy atom. The van der Waals surface area contributed by atoms with Gasteiger partial charge in [0.2, 0.25) is 15.9 Å². The van der Waals surface area contributed by atoms with E-state index in [2.05, 4.69) is 0 Å². The molecule has 0 fully saturated rings. The molecule has 0 radical (unpaired) electrons. The minimum Gasteiger partial charge on any atom is -0.382 e. The molecule has 9 heteroatoms. The Kier molecular flexibility index (Phi) is 4.55. The van der Waals surface area contributed by atoms with E-state index in [-0.39, 0.29) is 0 Å². The molecule has 1 aromatic carbocycles. The fourth-order valence-corrected chi connectivity index (χ4v) is 2.41. The number of primary amides is 1. The summed E-state index contributed by atoms with van der Waals surface area (Å²) >= 11 is 0. The summed E-state index contributed by atoms with van der Waals surface area (Å²) in [6, 6.07) is 4.52. The maximum absolute atomic E-state index is 13.3. The third kappa shape index (κ3) is 3.47. The maximum Gasteiger partial charge on any atom is 0.247 e. The summed E-state index contributed by atoms with van der Waals surface area (Å²) in [5, 5.41) is 17.8. The molecule has 0 saturated heterocycles. The Morgan fingerprint density at radius 1 is 1.58 bits per heavy atom. The van der Waals surface area contributed by atoms with Gasteiger partial charge < -0.3 is 10.8 Å². The van der Waals surface area contributed by atoms with Gasteiger partial charge in [0.25, 0.3) is 0 Å². The molecule has 0 saturated carbocycles. The molecule has 0 spiro atoms. The first-order chi connectivity index (χ1) is 8.79. The van der Waals surface area contributed by atoms with Crippen LogP contribution in [0.1, 0.15) is 5.56 Å². The number of carbonyl (C=O) groups is 1. The van der Waals surface area contributed by atoms with Gasteiger partial charge in [-0.3, -0.25) is 4.79 Å². The number of rotatable bonds is 5. The molecule has 1 rings (SSSR count). The number of nitriles is 1. The van der Waals surface area contributed by atoms with Crippen molar-refractivity contribution in [3.8, 4) is 6.07 Å². The zero-order valence-corrected chi connectivity index (χ0v) is 10.3. The number of hydrogen-bond acceptors (Lipinski definition) is 5. The molecule has 0 aliphatic rings. The average Bonchev–Trinajstić information content (AvgIpc) is 2.35. The van der Waals surface area contributed by atoms with E-state index in [4.69, 9.17) is 16.1 Å². The monoisotopic (exact) mass is 287 g/mol. The van der Waals surface area contributed by atoms with Crippen LogP contribution in [0.25, 0.3) is 0 Å². The second-order valence-corrected chi connectivity index (χ2v) is 5.23. The van der Waals surface area contributed by atoms with Gasteiger partial charge in [0.05, 0.1) is 0 Å². The zero-order chi connectivity index (χ0) is 14.6. The van der Waals surface area contributed by atoms with Gasteiger partial charge in [0, 0.05) is 6.54 Å². The Balaban J connectivity index is 3.06. The van der Waals surface area contributed by atoms with Gasteiger partial charge >= 0.3 is 0 Å². The Bertz CT molecular complexity index is 639. The van der Waals surface area contributed by atoms with Gasteiger partial charge in [0.1, 0.15) is 28.4 Å². The topological polar surface area (TPSA) is 133 Å². The largest absolute Gasteiger partial charge is 0.382 e. The highest BCUT2D eigenvalue weighted by molar-refractivity contribution is 7.89. The number of sulfonamides is 1. The summed E-state index contributed by atoms with van der Waals surface area (Å²) in [4.78, 5) is 9.98. The van der Waals surface area contributed by atoms with E-state index < -0.39 is 44.9 Å². The predicted molar refractivity (Wildman–Crippen MR) is 61.5 cm³/mol. The molecule has 0 heterocycles. The highest BCUT2D eigenvalue weighted by Crippen LogP contribution is 2.17. The number of halogens is 1. The van der Waals surface area contributed by atoms with E-state index in [1.807, 2.05) is 4.72 Å². The lowest BCUT2D eigenvalue weighted by atomic mass is 10.2. The normalized spacial score (nSPS) is 12.7. The lowest BCUT2D eigenvalue weighted by Crippen LogP contribution is -2.40. The SMILES string of the molecule is N#Cc1c(F)cccc1S(=O)(=O)NCC(O)C(N)=O. The third-order valence-electron chi connectivity index (χ3n) is 2.17. The van der Waals surface area contributed by atoms with Crippen molar-refractivity contribution < 1.29 is 22.7 Å². The Morgan fingerprint density at radius 2 is 2.21 bits per heavy atom. The van der Waals surface area contributed by atoms with E-state index >= 15 is 0 Å². The molecule has 1 unspecified atom stereocenters. The number of nitrogens with two attached hydrogens (primary N) is 1. The highest BCUT2D eigenvalue weighted by atomic mass is 32.2. The minimum atomic E-state index is -4.23. The van der Waals surface area contributed by atoms with Crippen LogP contribution in [0, 0.1) is 17.1 Å². The first-order valence-electron chi connectivity index (χ1n) is 4.95. The molecule has 0 aliphatic heterocycles. The van der Waals surface area contributed by atoms with E-state index in [1.54, 1.807) is 0 Å². The van der Waals surface area contributed by atoms with Crippen LogP contribution >= 0.6 is 0 Å². The third-order valence-corrected chi connectivity index (χ3v) is 3.64. The Hall–Kier alpha value is -2.02. The van der Waals surface area contributed by atoms with Gasteiger partial charge in [-0.25, -0.2) is 17.5 Å². The summed E-state index contributed by atoms with van der Waals surface area (Å²) in [5.74, 6) is -2.09. The number of benzene rings is 1. The quantitative estimate of drug-likeness (QED) is 0.627. The molecule has 4 N–H and O–H groups in total. The Labute approximate surface area is 108 Å². The standard InChI is InChI=1S/C10H10FN3O4S/c11-7-2-1-3-9(6(7)4-12)19(17,18)14-5-8(15)10(13)16/h1-3,8,14-15H,5H2,(H2,13,16). The number of carbonyl (C=O) groups excluding carboxylic acids is 1. The second kappa shape index (κ2) is 5.75. The maximum atomic E-state index is 13.3. The first kappa shape index (κ1) is 15.0. The van der Waals surface area contributed by atoms with E-state index in [0.29, 0.717) is 0 Å². The molecular weight excluding hydrogens is 277 g/mol. The van der Waals surface area contributed by atoms with Crippen LogP contribution in [0.5, 0.6) is 0 Å². The lowest BCUT2D eigenvalue weighted by molar-refractivity contribution is -0.125. The van der Waals surface area contributed by atoms with Crippen molar-refractivity contribution in [3.05, 3.63) is 29.6 Å². The van der Waals surface area contributed by atoms with Gasteiger partial charge in [-0.2, -0.15) is 5.26 Å². The van der Waals surface area contributed by atoms with Crippen molar-refractivity contribution in [1.29, 1.82) is 5.26 Å². The van der Waals surface area contributed by atoms with Crippen LogP contribution in [0.3, 0.4) is 0 Å². The molecule has 0 aromatic heterocycles. The summed E-state index contributed by atoms with van der Waals surface area (Å²) in [5.41, 5.74) is 4.10. The molecule has 1 atom stereocenters. The smallest absolute Gasteiger partial charge is 0.247 e. The number of amides is 1. The van der Waals surface area contributed by atoms with Crippen LogP contribution in [0.2, 0.25) is 0 Å². The van der Waals surface area contributed by atoms with E-state index in [1.165, 1.54) is 6.07 Å². The number of aliphatic hydroxyl groups is 1. The first-order valence-corrected chi connectivity index (χ1v) is 6.43. The number of hydrogen-bond donors (Lipinski definition) is 3. The van der Waals surface area contributed by atoms with Crippen molar-refractivity contribution in [1.82, 2.24) is 4.72 Å². The summed E-state index contributed by atoms with van der Waals surface area (Å²) in [6.07, 6.45) is -1.71. The average molecular weight is 287 g/mol. The van der Waals surface area contributed by atoms with Crippen LogP contribution in [0.15, 0.2) is 23.1 Å². The van der Waals surface area contributed by atoms with Crippen molar-refractivity contribution >= 4 is 15.9 Å². The van der Waals surface area contributed by atoms with Crippen LogP contribution < -0.4 is 10.5 Å². The molecule has 0 bridgehead atoms. The zero-order valence-electron chi connectivity index (χ0n) is 9.50. The van der Waals surface area contributed by atoms with Crippen molar-refractivity contribution in [3.63, 3.8) is 0 Å². The van der Waals surface area contributed by atoms with Crippen molar-refractivity contribution in [2.45, 2.75) is 11.0 Å². The molecule has 19 heavy (non-hydrogen) atoms. The number of aliphatic hydroxyl groups excluding tert-OH is 1. The van der Waals surface area contributed by atoms with Gasteiger partial charge in [-0.1, -0.05) is 6.07 Å². The van der Waals surface area contributed by atoms with Gasteiger partial charge in [0.15, 0.2) is 0 Å². The molecule has 1 amide bonds. The predicted octanol–water partition coefficient (Wildman–Crippen LogP) is -1.18. The molecular formula is C10H10FN3O4S. The summed E-state index contributed by atoms with van der Waals surface area (Å²) < 4.78 is 38.7. The summed E-state index contributed by atoms with van der Waals surface area (Å²) in [7, 11) is -4.23. The fraction of sp³-hybridized carbons (Fsp3) is 0.200. The summed E-state index contributed by atoms with van der Waals surface area (Å²) in [6.45, 7) is -0.668. The van der Waals surface area contributed by atoms with Crippen LogP contribution in [-0.2, 0) is 14.8 Å². The van der Waals surface area contributed by atoms with Crippen molar-refractivity contribution in [2.24, 2.45) is 5.73 Å². The number of nitrogens with zero attached hydrogens (tertiary/aromatic N) is 1. The lowest BCUT2D eigenvalue weighted by Gasteiger charge is -2.10. The molecule has 7 nitrogen and oxygen atoms in total. The van der Waals surface area contributed by atoms with E-state index in [9.17, 15) is 17.6 Å². The molecule has 102 valence electrons. The minimum absolute atomic E-state index is 0.577. The van der Waals surface area contributed by atoms with Crippen LogP contribution in [-0.4, -0.2) is 32.1 Å². The second-order valence-electron chi connectivity index (χ2n) is 3.49. The van der Waals surface area contributed by atoms with Gasteiger partial charge in [-0.15, -0.1) is 0 Å². The van der Waals surface area contributed by atoms with Crippen molar-refractivity contribution in [2.75, 3.05) is 6.54 Å². The molecule has 0 aliphatic carbocycles. The highest BCUT2D eigenvalue weighted by Gasteiger charge is 2.23. The van der Waals surface area contributed by atoms with Gasteiger partial charge in [-0.05, 0) is 12.1 Å². The van der Waals surface area contributed by atoms with Crippen LogP contribution in [0.4, 0.5) is 4.39 Å². The number of nitrogens with one attached hydrogen (secondary N) is 1.